The molecule has 0 unspecified atom stereocenters. The predicted octanol–water partition coefficient (Wildman–Crippen LogP) is 3.30. The monoisotopic (exact) mass is 494 g/mol. The maximum atomic E-state index is 12.8. The van der Waals surface area contributed by atoms with Gasteiger partial charge in [0.25, 0.3) is 17.5 Å². The lowest BCUT2D eigenvalue weighted by Gasteiger charge is -2.31. The number of imide groups is 1. The Morgan fingerprint density at radius 3 is 2.07 bits per heavy atom. The highest BCUT2D eigenvalue weighted by Gasteiger charge is 2.43. The standard InChI is InChI=1S/C19H15IN2O6/c1-11(23)28-17(12-6-8-13(9-7-12)22(26)27)16(10-20)21-18(24)14-4-2-3-5-15(14)19(21)25/h2-9,16-17H,10H2,1H3/t16-,17+/m1/s1. The Morgan fingerprint density at radius 2 is 1.64 bits per heavy atom. The molecule has 28 heavy (non-hydrogen) atoms. The Kier molecular flexibility index (Phi) is 5.73. The van der Waals surface area contributed by atoms with Crippen molar-refractivity contribution < 1.29 is 24.0 Å². The van der Waals surface area contributed by atoms with Gasteiger partial charge in [0.2, 0.25) is 0 Å². The zero-order valence-electron chi connectivity index (χ0n) is 14.7. The van der Waals surface area contributed by atoms with Crippen LogP contribution in [-0.4, -0.2) is 38.1 Å². The SMILES string of the molecule is CC(=O)O[C@@H](c1ccc([N+](=O)[O-])cc1)[C@@H](CI)N1C(=O)c2ccccc2C1=O. The Hall–Kier alpha value is -2.82. The molecule has 8 nitrogen and oxygen atoms in total. The lowest BCUT2D eigenvalue weighted by Crippen LogP contribution is -2.45. The topological polar surface area (TPSA) is 107 Å². The van der Waals surface area contributed by atoms with Crippen LogP contribution >= 0.6 is 22.6 Å². The fourth-order valence-corrected chi connectivity index (χ4v) is 3.98. The minimum Gasteiger partial charge on any atom is -0.455 e. The number of non-ortho nitro benzene ring substituents is 1. The molecule has 0 radical (unpaired) electrons. The van der Waals surface area contributed by atoms with Crippen molar-refractivity contribution in [1.82, 2.24) is 4.90 Å². The van der Waals surface area contributed by atoms with E-state index in [1.54, 1.807) is 24.3 Å². The van der Waals surface area contributed by atoms with Crippen LogP contribution in [0.15, 0.2) is 48.5 Å². The summed E-state index contributed by atoms with van der Waals surface area (Å²) in [7, 11) is 0. The second-order valence-electron chi connectivity index (χ2n) is 6.13. The smallest absolute Gasteiger partial charge is 0.303 e. The zero-order chi connectivity index (χ0) is 20.4. The number of hydrogen-bond donors (Lipinski definition) is 0. The van der Waals surface area contributed by atoms with Crippen LogP contribution in [0, 0.1) is 10.1 Å². The molecule has 2 atom stereocenters. The van der Waals surface area contributed by atoms with Crippen molar-refractivity contribution in [2.24, 2.45) is 0 Å². The van der Waals surface area contributed by atoms with E-state index in [2.05, 4.69) is 0 Å². The van der Waals surface area contributed by atoms with E-state index in [9.17, 15) is 24.5 Å². The van der Waals surface area contributed by atoms with Crippen molar-refractivity contribution in [3.63, 3.8) is 0 Å². The second kappa shape index (κ2) is 8.05. The predicted molar refractivity (Wildman–Crippen MR) is 107 cm³/mol. The molecule has 0 aliphatic carbocycles. The normalized spacial score (nSPS) is 15.1. The van der Waals surface area contributed by atoms with Gasteiger partial charge in [0.1, 0.15) is 6.10 Å². The molecule has 9 heteroatoms. The summed E-state index contributed by atoms with van der Waals surface area (Å²) in [5, 5.41) is 10.9. The van der Waals surface area contributed by atoms with Crippen molar-refractivity contribution in [2.75, 3.05) is 4.43 Å². The van der Waals surface area contributed by atoms with Crippen LogP contribution in [0.3, 0.4) is 0 Å². The van der Waals surface area contributed by atoms with Crippen LogP contribution in [0.25, 0.3) is 0 Å². The highest BCUT2D eigenvalue weighted by Crippen LogP contribution is 2.33. The summed E-state index contributed by atoms with van der Waals surface area (Å²) in [6.45, 7) is 1.23. The number of nitrogens with zero attached hydrogens (tertiary/aromatic N) is 2. The molecule has 3 rings (SSSR count). The van der Waals surface area contributed by atoms with Gasteiger partial charge in [-0.1, -0.05) is 34.7 Å². The van der Waals surface area contributed by atoms with Gasteiger partial charge in [0, 0.05) is 23.5 Å². The number of halogens is 1. The Bertz CT molecular complexity index is 924. The minimum absolute atomic E-state index is 0.114. The van der Waals surface area contributed by atoms with Crippen molar-refractivity contribution in [2.45, 2.75) is 19.1 Å². The first-order chi connectivity index (χ1) is 13.3. The van der Waals surface area contributed by atoms with Gasteiger partial charge in [-0.3, -0.25) is 29.4 Å². The molecular weight excluding hydrogens is 479 g/mol. The molecule has 2 aromatic rings. The molecule has 2 amide bonds. The van der Waals surface area contributed by atoms with Crippen molar-refractivity contribution >= 4 is 46.1 Å². The van der Waals surface area contributed by atoms with E-state index < -0.39 is 34.9 Å². The summed E-state index contributed by atoms with van der Waals surface area (Å²) < 4.78 is 5.74. The fraction of sp³-hybridized carbons (Fsp3) is 0.211. The highest BCUT2D eigenvalue weighted by atomic mass is 127. The van der Waals surface area contributed by atoms with Gasteiger partial charge >= 0.3 is 5.97 Å². The molecular formula is C19H15IN2O6. The van der Waals surface area contributed by atoms with Crippen LogP contribution in [-0.2, 0) is 9.53 Å². The summed E-state index contributed by atoms with van der Waals surface area (Å²) in [6, 6.07) is 11.2. The van der Waals surface area contributed by atoms with Crippen molar-refractivity contribution in [3.8, 4) is 0 Å². The molecule has 0 spiro atoms. The molecule has 1 aliphatic rings. The van der Waals surface area contributed by atoms with E-state index in [4.69, 9.17) is 4.74 Å². The molecule has 2 aromatic carbocycles. The summed E-state index contributed by atoms with van der Waals surface area (Å²) in [6.07, 6.45) is -0.947. The lowest BCUT2D eigenvalue weighted by molar-refractivity contribution is -0.384. The second-order valence-corrected chi connectivity index (χ2v) is 7.01. The largest absolute Gasteiger partial charge is 0.455 e. The highest BCUT2D eigenvalue weighted by molar-refractivity contribution is 14.1. The van der Waals surface area contributed by atoms with Gasteiger partial charge < -0.3 is 4.74 Å². The van der Waals surface area contributed by atoms with Gasteiger partial charge in [0.15, 0.2) is 0 Å². The first kappa shape index (κ1) is 19.9. The number of benzene rings is 2. The van der Waals surface area contributed by atoms with E-state index in [0.29, 0.717) is 21.1 Å². The molecule has 0 N–H and O–H groups in total. The number of amides is 2. The molecule has 1 heterocycles. The number of esters is 1. The third-order valence-electron chi connectivity index (χ3n) is 4.39. The summed E-state index contributed by atoms with van der Waals surface area (Å²) in [5.74, 6) is -1.50. The maximum absolute atomic E-state index is 12.8. The average Bonchev–Trinajstić information content (AvgIpc) is 2.93. The fourth-order valence-electron chi connectivity index (χ4n) is 3.13. The van der Waals surface area contributed by atoms with Crippen LogP contribution in [0.5, 0.6) is 0 Å². The average molecular weight is 494 g/mol. The summed E-state index contributed by atoms with van der Waals surface area (Å²) >= 11 is 2.02. The van der Waals surface area contributed by atoms with Gasteiger partial charge in [0.05, 0.1) is 22.1 Å². The number of fused-ring (bicyclic) bond motifs is 1. The molecule has 1 aliphatic heterocycles. The maximum Gasteiger partial charge on any atom is 0.303 e. The molecule has 144 valence electrons. The Labute approximate surface area is 173 Å². The quantitative estimate of drug-likeness (QED) is 0.152. The molecule has 0 aromatic heterocycles. The third-order valence-corrected chi connectivity index (χ3v) is 5.29. The number of rotatable bonds is 6. The molecule has 0 fully saturated rings. The number of carbonyl (C=O) groups is 3. The number of ether oxygens (including phenoxy) is 1. The van der Waals surface area contributed by atoms with Crippen LogP contribution in [0.4, 0.5) is 5.69 Å². The number of hydrogen-bond acceptors (Lipinski definition) is 6. The van der Waals surface area contributed by atoms with E-state index in [0.717, 1.165) is 4.90 Å². The van der Waals surface area contributed by atoms with Crippen LogP contribution in [0.1, 0.15) is 39.3 Å². The first-order valence-electron chi connectivity index (χ1n) is 8.29. The van der Waals surface area contributed by atoms with E-state index in [-0.39, 0.29) is 5.69 Å². The van der Waals surface area contributed by atoms with Gasteiger partial charge in [-0.2, -0.15) is 0 Å². The van der Waals surface area contributed by atoms with Crippen LogP contribution in [0.2, 0.25) is 0 Å². The van der Waals surface area contributed by atoms with E-state index >= 15 is 0 Å². The summed E-state index contributed by atoms with van der Waals surface area (Å²) in [4.78, 5) is 48.8. The zero-order valence-corrected chi connectivity index (χ0v) is 16.9. The summed E-state index contributed by atoms with van der Waals surface area (Å²) in [5.41, 5.74) is 0.941. The van der Waals surface area contributed by atoms with E-state index in [1.165, 1.54) is 31.2 Å². The number of nitro groups is 1. The third kappa shape index (κ3) is 3.61. The number of alkyl halides is 1. The van der Waals surface area contributed by atoms with E-state index in [1.807, 2.05) is 22.6 Å². The first-order valence-corrected chi connectivity index (χ1v) is 9.82. The van der Waals surface area contributed by atoms with Crippen molar-refractivity contribution in [1.29, 1.82) is 0 Å². The van der Waals surface area contributed by atoms with Crippen LogP contribution < -0.4 is 0 Å². The molecule has 0 bridgehead atoms. The number of nitro benzene ring substituents is 1. The van der Waals surface area contributed by atoms with Gasteiger partial charge in [-0.25, -0.2) is 0 Å². The Balaban J connectivity index is 2.01. The lowest BCUT2D eigenvalue weighted by atomic mass is 10.0. The molecule has 0 saturated carbocycles. The van der Waals surface area contributed by atoms with Crippen molar-refractivity contribution in [3.05, 3.63) is 75.3 Å². The van der Waals surface area contributed by atoms with Gasteiger partial charge in [-0.05, 0) is 29.8 Å². The minimum atomic E-state index is -0.947. The number of carbonyl (C=O) groups excluding carboxylic acids is 3. The van der Waals surface area contributed by atoms with Gasteiger partial charge in [-0.15, -0.1) is 0 Å². The Morgan fingerprint density at radius 1 is 1.11 bits per heavy atom. The molecule has 0 saturated heterocycles.